The first-order valence-corrected chi connectivity index (χ1v) is 8.50. The third kappa shape index (κ3) is 4.20. The lowest BCUT2D eigenvalue weighted by Gasteiger charge is -2.39. The number of β-amino-alcohol motifs (C(OH)–C–C–N with tert-alkyl or cyclic N) is 1. The predicted octanol–water partition coefficient (Wildman–Crippen LogP) is 2.75. The van der Waals surface area contributed by atoms with Crippen LogP contribution in [0.5, 0.6) is 0 Å². The molecule has 0 radical (unpaired) electrons. The normalized spacial score (nSPS) is 23.6. The molecule has 3 rings (SSSR count). The highest BCUT2D eigenvalue weighted by Gasteiger charge is 2.29. The minimum atomic E-state index is -0.424. The van der Waals surface area contributed by atoms with E-state index in [0.717, 1.165) is 25.8 Å². The van der Waals surface area contributed by atoms with E-state index in [1.807, 2.05) is 0 Å². The first kappa shape index (κ1) is 16.2. The molecule has 0 aliphatic carbocycles. The maximum absolute atomic E-state index is 10.2. The van der Waals surface area contributed by atoms with E-state index in [4.69, 9.17) is 5.73 Å². The summed E-state index contributed by atoms with van der Waals surface area (Å²) in [7, 11) is 0. The third-order valence-corrected chi connectivity index (χ3v) is 4.84. The number of aliphatic hydroxyl groups excluding tert-OH is 1. The molecule has 2 aromatic carbocycles. The van der Waals surface area contributed by atoms with E-state index in [0.29, 0.717) is 12.6 Å². The summed E-state index contributed by atoms with van der Waals surface area (Å²) in [6, 6.07) is 21.5. The smallest absolute Gasteiger partial charge is 0.0818 e. The maximum Gasteiger partial charge on any atom is 0.0818 e. The van der Waals surface area contributed by atoms with Crippen molar-refractivity contribution in [1.29, 1.82) is 0 Å². The lowest BCUT2D eigenvalue weighted by Crippen LogP contribution is -2.51. The van der Waals surface area contributed by atoms with Gasteiger partial charge in [0, 0.05) is 25.2 Å². The van der Waals surface area contributed by atoms with Crippen LogP contribution in [0.15, 0.2) is 60.7 Å². The monoisotopic (exact) mass is 310 g/mol. The van der Waals surface area contributed by atoms with Crippen LogP contribution in [-0.2, 0) is 6.42 Å². The Hall–Kier alpha value is -1.68. The van der Waals surface area contributed by atoms with Gasteiger partial charge in [0.05, 0.1) is 6.10 Å². The van der Waals surface area contributed by atoms with Crippen LogP contribution in [0, 0.1) is 0 Å². The van der Waals surface area contributed by atoms with Gasteiger partial charge in [-0.2, -0.15) is 0 Å². The molecule has 1 saturated heterocycles. The van der Waals surface area contributed by atoms with Crippen LogP contribution in [-0.4, -0.2) is 35.2 Å². The molecule has 1 heterocycles. The van der Waals surface area contributed by atoms with E-state index in [2.05, 4.69) is 65.6 Å². The van der Waals surface area contributed by atoms with Crippen molar-refractivity contribution in [2.45, 2.75) is 37.5 Å². The van der Waals surface area contributed by atoms with Crippen LogP contribution in [0.4, 0.5) is 0 Å². The Morgan fingerprint density at radius 2 is 1.70 bits per heavy atom. The molecule has 0 amide bonds. The lowest BCUT2D eigenvalue weighted by molar-refractivity contribution is 0.0292. The van der Waals surface area contributed by atoms with Gasteiger partial charge in [-0.25, -0.2) is 0 Å². The van der Waals surface area contributed by atoms with Gasteiger partial charge in [0.25, 0.3) is 0 Å². The maximum atomic E-state index is 10.2. The Labute approximate surface area is 138 Å². The minimum Gasteiger partial charge on any atom is -0.390 e. The summed E-state index contributed by atoms with van der Waals surface area (Å²) in [5, 5.41) is 10.2. The van der Waals surface area contributed by atoms with Crippen LogP contribution in [0.1, 0.15) is 30.0 Å². The van der Waals surface area contributed by atoms with E-state index in [1.54, 1.807) is 0 Å². The number of rotatable bonds is 5. The molecular weight excluding hydrogens is 284 g/mol. The van der Waals surface area contributed by atoms with Gasteiger partial charge in [-0.05, 0) is 30.4 Å². The number of benzene rings is 2. The van der Waals surface area contributed by atoms with Gasteiger partial charge < -0.3 is 10.8 Å². The summed E-state index contributed by atoms with van der Waals surface area (Å²) in [5.74, 6) is 0. The summed E-state index contributed by atoms with van der Waals surface area (Å²) in [6.07, 6.45) is 2.52. The van der Waals surface area contributed by atoms with Crippen molar-refractivity contribution in [3.05, 3.63) is 71.8 Å². The second kappa shape index (κ2) is 7.73. The van der Waals surface area contributed by atoms with Gasteiger partial charge in [-0.1, -0.05) is 60.7 Å². The molecule has 1 fully saturated rings. The fraction of sp³-hybridized carbons (Fsp3) is 0.400. The first-order chi connectivity index (χ1) is 11.2. The van der Waals surface area contributed by atoms with Gasteiger partial charge in [0.1, 0.15) is 0 Å². The van der Waals surface area contributed by atoms with Crippen molar-refractivity contribution in [2.75, 3.05) is 13.1 Å². The van der Waals surface area contributed by atoms with E-state index in [-0.39, 0.29) is 6.04 Å². The molecule has 3 N–H and O–H groups in total. The van der Waals surface area contributed by atoms with Gasteiger partial charge >= 0.3 is 0 Å². The molecule has 0 aromatic heterocycles. The molecular formula is C20H26N2O. The molecule has 122 valence electrons. The van der Waals surface area contributed by atoms with Crippen molar-refractivity contribution in [2.24, 2.45) is 5.73 Å². The Morgan fingerprint density at radius 1 is 1.04 bits per heavy atom. The number of nitrogens with two attached hydrogens (primary N) is 1. The SMILES string of the molecule is NC1CCN(C(CCc2ccccc2)c2ccccc2)CC1O. The van der Waals surface area contributed by atoms with E-state index in [1.165, 1.54) is 11.1 Å². The molecule has 3 unspecified atom stereocenters. The third-order valence-electron chi connectivity index (χ3n) is 4.84. The summed E-state index contributed by atoms with van der Waals surface area (Å²) >= 11 is 0. The van der Waals surface area contributed by atoms with Crippen LogP contribution in [0.3, 0.4) is 0 Å². The average molecular weight is 310 g/mol. The lowest BCUT2D eigenvalue weighted by atomic mass is 9.94. The number of hydrogen-bond donors (Lipinski definition) is 2. The van der Waals surface area contributed by atoms with Crippen molar-refractivity contribution in [3.63, 3.8) is 0 Å². The van der Waals surface area contributed by atoms with Crippen LogP contribution >= 0.6 is 0 Å². The molecule has 1 aliphatic heterocycles. The van der Waals surface area contributed by atoms with Crippen molar-refractivity contribution in [3.8, 4) is 0 Å². The molecule has 23 heavy (non-hydrogen) atoms. The second-order valence-electron chi connectivity index (χ2n) is 6.47. The topological polar surface area (TPSA) is 49.5 Å². The van der Waals surface area contributed by atoms with E-state index < -0.39 is 6.10 Å². The molecule has 0 bridgehead atoms. The number of piperidine rings is 1. The zero-order valence-electron chi connectivity index (χ0n) is 13.5. The molecule has 2 aromatic rings. The summed E-state index contributed by atoms with van der Waals surface area (Å²) < 4.78 is 0. The van der Waals surface area contributed by atoms with Crippen LogP contribution < -0.4 is 5.73 Å². The number of likely N-dealkylation sites (tertiary alicyclic amines) is 1. The first-order valence-electron chi connectivity index (χ1n) is 8.50. The van der Waals surface area contributed by atoms with E-state index >= 15 is 0 Å². The highest BCUT2D eigenvalue weighted by Crippen LogP contribution is 2.28. The summed E-state index contributed by atoms with van der Waals surface area (Å²) in [4.78, 5) is 2.40. The van der Waals surface area contributed by atoms with Crippen LogP contribution in [0.2, 0.25) is 0 Å². The highest BCUT2D eigenvalue weighted by atomic mass is 16.3. The highest BCUT2D eigenvalue weighted by molar-refractivity contribution is 5.21. The zero-order chi connectivity index (χ0) is 16.1. The zero-order valence-corrected chi connectivity index (χ0v) is 13.5. The Kier molecular flexibility index (Phi) is 5.44. The van der Waals surface area contributed by atoms with Crippen LogP contribution in [0.25, 0.3) is 0 Å². The number of aryl methyl sites for hydroxylation is 1. The number of nitrogens with zero attached hydrogens (tertiary/aromatic N) is 1. The summed E-state index contributed by atoms with van der Waals surface area (Å²) in [6.45, 7) is 1.61. The fourth-order valence-electron chi connectivity index (χ4n) is 3.44. The van der Waals surface area contributed by atoms with Crippen molar-refractivity contribution in [1.82, 2.24) is 4.90 Å². The molecule has 3 heteroatoms. The van der Waals surface area contributed by atoms with Gasteiger partial charge in [-0.15, -0.1) is 0 Å². The van der Waals surface area contributed by atoms with Crippen molar-refractivity contribution < 1.29 is 5.11 Å². The largest absolute Gasteiger partial charge is 0.390 e. The quantitative estimate of drug-likeness (QED) is 0.893. The average Bonchev–Trinajstić information content (AvgIpc) is 2.60. The Morgan fingerprint density at radius 3 is 2.35 bits per heavy atom. The molecule has 0 spiro atoms. The van der Waals surface area contributed by atoms with E-state index in [9.17, 15) is 5.11 Å². The second-order valence-corrected chi connectivity index (χ2v) is 6.47. The Balaban J connectivity index is 1.74. The van der Waals surface area contributed by atoms with Gasteiger partial charge in [0.2, 0.25) is 0 Å². The van der Waals surface area contributed by atoms with Gasteiger partial charge in [-0.3, -0.25) is 4.90 Å². The van der Waals surface area contributed by atoms with Gasteiger partial charge in [0.15, 0.2) is 0 Å². The number of aliphatic hydroxyl groups is 1. The number of hydrogen-bond acceptors (Lipinski definition) is 3. The summed E-state index contributed by atoms with van der Waals surface area (Å²) in [5.41, 5.74) is 8.66. The molecule has 1 aliphatic rings. The molecule has 3 atom stereocenters. The molecule has 0 saturated carbocycles. The Bertz CT molecular complexity index is 587. The minimum absolute atomic E-state index is 0.0863. The predicted molar refractivity (Wildman–Crippen MR) is 94.1 cm³/mol. The molecule has 3 nitrogen and oxygen atoms in total. The van der Waals surface area contributed by atoms with Crippen molar-refractivity contribution >= 4 is 0 Å². The fourth-order valence-corrected chi connectivity index (χ4v) is 3.44. The standard InChI is InChI=1S/C20H26N2O/c21-18-13-14-22(15-20(18)23)19(17-9-5-2-6-10-17)12-11-16-7-3-1-4-8-16/h1-10,18-20,23H,11-15,21H2.